The van der Waals surface area contributed by atoms with E-state index in [-0.39, 0.29) is 36.2 Å². The van der Waals surface area contributed by atoms with Crippen LogP contribution in [0.25, 0.3) is 0 Å². The van der Waals surface area contributed by atoms with E-state index in [4.69, 9.17) is 9.47 Å². The predicted octanol–water partition coefficient (Wildman–Crippen LogP) is 6.54. The van der Waals surface area contributed by atoms with Crippen molar-refractivity contribution < 1.29 is 29.3 Å². The number of esters is 2. The van der Waals surface area contributed by atoms with Gasteiger partial charge in [0.1, 0.15) is 0 Å². The molecule has 218 valence electrons. The molecule has 0 amide bonds. The van der Waals surface area contributed by atoms with Gasteiger partial charge in [0.2, 0.25) is 0 Å². The molecule has 2 saturated carbocycles. The molecule has 0 aromatic carbocycles. The molecule has 2 rings (SSSR count). The monoisotopic (exact) mass is 534 g/mol. The molecule has 2 N–H and O–H groups in total. The number of aliphatic hydroxyl groups is 2. The van der Waals surface area contributed by atoms with Crippen molar-refractivity contribution in [2.45, 2.75) is 123 Å². The van der Waals surface area contributed by atoms with E-state index in [2.05, 4.69) is 20.1 Å². The molecule has 2 fully saturated rings. The summed E-state index contributed by atoms with van der Waals surface area (Å²) in [5.41, 5.74) is -2.73. The topological polar surface area (TPSA) is 93.1 Å². The Bertz CT molecular complexity index is 744. The van der Waals surface area contributed by atoms with Gasteiger partial charge in [0.05, 0.1) is 35.6 Å². The van der Waals surface area contributed by atoms with E-state index < -0.39 is 23.1 Å². The number of carbonyl (C=O) groups is 2. The SMILES string of the molecule is C=C(C(=O)OCC(COC(=O)C(=C)C(C)(C)O)C1CCC(C2CCC(CCCCC)CC2)CC1)C(C)(C)O. The van der Waals surface area contributed by atoms with E-state index in [1.165, 1.54) is 79.1 Å². The second-order valence-electron chi connectivity index (χ2n) is 13.0. The third-order valence-corrected chi connectivity index (χ3v) is 9.08. The second kappa shape index (κ2) is 14.6. The molecule has 0 saturated heterocycles. The molecule has 0 heterocycles. The fraction of sp³-hybridized carbons (Fsp3) is 0.812. The number of hydrogen-bond donors (Lipinski definition) is 2. The average Bonchev–Trinajstić information content (AvgIpc) is 2.87. The highest BCUT2D eigenvalue weighted by Gasteiger charge is 2.35. The maximum atomic E-state index is 12.5. The second-order valence-corrected chi connectivity index (χ2v) is 13.0. The molecule has 0 bridgehead atoms. The molecule has 0 atom stereocenters. The van der Waals surface area contributed by atoms with Gasteiger partial charge < -0.3 is 19.7 Å². The highest BCUT2D eigenvalue weighted by Crippen LogP contribution is 2.44. The Kier molecular flexibility index (Phi) is 12.5. The first kappa shape index (κ1) is 32.6. The molecule has 0 aromatic rings. The van der Waals surface area contributed by atoms with Gasteiger partial charge in [-0.3, -0.25) is 0 Å². The van der Waals surface area contributed by atoms with E-state index in [1.54, 1.807) is 0 Å². The van der Waals surface area contributed by atoms with Gasteiger partial charge in [-0.1, -0.05) is 58.6 Å². The molecule has 2 aliphatic carbocycles. The molecule has 0 aliphatic heterocycles. The van der Waals surface area contributed by atoms with Gasteiger partial charge >= 0.3 is 11.9 Å². The van der Waals surface area contributed by atoms with Gasteiger partial charge in [-0.15, -0.1) is 0 Å². The Morgan fingerprint density at radius 2 is 1.18 bits per heavy atom. The minimum Gasteiger partial charge on any atom is -0.462 e. The lowest BCUT2D eigenvalue weighted by Crippen LogP contribution is -2.35. The number of carbonyl (C=O) groups excluding carboxylic acids is 2. The zero-order chi connectivity index (χ0) is 28.5. The molecule has 0 unspecified atom stereocenters. The highest BCUT2D eigenvalue weighted by molar-refractivity contribution is 5.90. The Labute approximate surface area is 231 Å². The quantitative estimate of drug-likeness (QED) is 0.149. The molecule has 38 heavy (non-hydrogen) atoms. The van der Waals surface area contributed by atoms with Crippen LogP contribution < -0.4 is 0 Å². The highest BCUT2D eigenvalue weighted by atomic mass is 16.5. The van der Waals surface area contributed by atoms with Crippen LogP contribution in [0.5, 0.6) is 0 Å². The van der Waals surface area contributed by atoms with E-state index in [0.717, 1.165) is 43.4 Å². The third kappa shape index (κ3) is 10.1. The maximum absolute atomic E-state index is 12.5. The minimum atomic E-state index is -1.36. The summed E-state index contributed by atoms with van der Waals surface area (Å²) in [6.45, 7) is 15.8. The molecule has 6 heteroatoms. The van der Waals surface area contributed by atoms with Gasteiger partial charge in [-0.25, -0.2) is 9.59 Å². The van der Waals surface area contributed by atoms with Crippen molar-refractivity contribution in [2.75, 3.05) is 13.2 Å². The van der Waals surface area contributed by atoms with Crippen LogP contribution in [-0.4, -0.2) is 46.6 Å². The van der Waals surface area contributed by atoms with E-state index >= 15 is 0 Å². The van der Waals surface area contributed by atoms with E-state index in [1.807, 2.05) is 0 Å². The molecular formula is C32H54O6. The molecule has 2 aliphatic rings. The smallest absolute Gasteiger partial charge is 0.336 e. The van der Waals surface area contributed by atoms with Crippen LogP contribution >= 0.6 is 0 Å². The zero-order valence-corrected chi connectivity index (χ0v) is 24.7. The average molecular weight is 535 g/mol. The lowest BCUT2D eigenvalue weighted by atomic mass is 9.67. The van der Waals surface area contributed by atoms with E-state index in [0.29, 0.717) is 0 Å². The van der Waals surface area contributed by atoms with Crippen LogP contribution in [0.3, 0.4) is 0 Å². The fourth-order valence-corrected chi connectivity index (χ4v) is 6.08. The van der Waals surface area contributed by atoms with Gasteiger partial charge in [-0.05, 0) is 89.9 Å². The van der Waals surface area contributed by atoms with Crippen LogP contribution in [0.15, 0.2) is 24.3 Å². The zero-order valence-electron chi connectivity index (χ0n) is 24.7. The Hall–Kier alpha value is -1.66. The fourth-order valence-electron chi connectivity index (χ4n) is 6.08. The van der Waals surface area contributed by atoms with E-state index in [9.17, 15) is 19.8 Å². The summed E-state index contributed by atoms with van der Waals surface area (Å²) in [5, 5.41) is 20.2. The first-order chi connectivity index (χ1) is 17.7. The summed E-state index contributed by atoms with van der Waals surface area (Å²) in [4.78, 5) is 25.0. The minimum absolute atomic E-state index is 0.00217. The number of unbranched alkanes of at least 4 members (excludes halogenated alkanes) is 2. The molecule has 0 spiro atoms. The first-order valence-electron chi connectivity index (χ1n) is 14.9. The normalized spacial score (nSPS) is 24.6. The standard InChI is InChI=1S/C32H54O6/c1-8-9-10-11-24-12-14-25(15-13-24)26-16-18-27(19-17-26)28(20-37-29(33)22(2)31(4,5)35)21-38-30(34)23(3)32(6,7)36/h24-28,35-36H,2-3,8-21H2,1,4-7H3. The maximum Gasteiger partial charge on any atom is 0.336 e. The summed E-state index contributed by atoms with van der Waals surface area (Å²) in [6.07, 6.45) is 15.2. The van der Waals surface area contributed by atoms with Crippen molar-refractivity contribution >= 4 is 11.9 Å². The Morgan fingerprint density at radius 1 is 0.763 bits per heavy atom. The summed E-state index contributed by atoms with van der Waals surface area (Å²) in [6, 6.07) is 0. The lowest BCUT2D eigenvalue weighted by Gasteiger charge is -2.39. The van der Waals surface area contributed by atoms with Gasteiger partial charge in [0, 0.05) is 5.92 Å². The summed E-state index contributed by atoms with van der Waals surface area (Å²) < 4.78 is 11.1. The Morgan fingerprint density at radius 3 is 1.58 bits per heavy atom. The number of hydrogen-bond acceptors (Lipinski definition) is 6. The van der Waals surface area contributed by atoms with Gasteiger partial charge in [-0.2, -0.15) is 0 Å². The summed E-state index contributed by atoms with van der Waals surface area (Å²) >= 11 is 0. The van der Waals surface area contributed by atoms with Crippen molar-refractivity contribution in [3.05, 3.63) is 24.3 Å². The van der Waals surface area contributed by atoms with Crippen LogP contribution in [-0.2, 0) is 19.1 Å². The summed E-state index contributed by atoms with van der Waals surface area (Å²) in [5.74, 6) is 1.31. The number of rotatable bonds is 14. The third-order valence-electron chi connectivity index (χ3n) is 9.08. The van der Waals surface area contributed by atoms with Crippen molar-refractivity contribution in [1.29, 1.82) is 0 Å². The van der Waals surface area contributed by atoms with Crippen molar-refractivity contribution in [2.24, 2.45) is 29.6 Å². The number of ether oxygens (including phenoxy) is 2. The van der Waals surface area contributed by atoms with Gasteiger partial charge in [0.15, 0.2) is 0 Å². The van der Waals surface area contributed by atoms with Crippen molar-refractivity contribution in [3.8, 4) is 0 Å². The van der Waals surface area contributed by atoms with Crippen LogP contribution in [0.1, 0.15) is 112 Å². The lowest BCUT2D eigenvalue weighted by molar-refractivity contribution is -0.148. The molecule has 0 radical (unpaired) electrons. The summed E-state index contributed by atoms with van der Waals surface area (Å²) in [7, 11) is 0. The van der Waals surface area contributed by atoms with Gasteiger partial charge in [0.25, 0.3) is 0 Å². The molecular weight excluding hydrogens is 480 g/mol. The Balaban J connectivity index is 1.93. The molecule has 6 nitrogen and oxygen atoms in total. The largest absolute Gasteiger partial charge is 0.462 e. The van der Waals surface area contributed by atoms with Crippen molar-refractivity contribution in [1.82, 2.24) is 0 Å². The van der Waals surface area contributed by atoms with Crippen LogP contribution in [0.2, 0.25) is 0 Å². The van der Waals surface area contributed by atoms with Crippen LogP contribution in [0, 0.1) is 29.6 Å². The first-order valence-corrected chi connectivity index (χ1v) is 14.9. The van der Waals surface area contributed by atoms with Crippen molar-refractivity contribution in [3.63, 3.8) is 0 Å². The molecule has 0 aromatic heterocycles. The van der Waals surface area contributed by atoms with Crippen LogP contribution in [0.4, 0.5) is 0 Å². The predicted molar refractivity (Wildman–Crippen MR) is 151 cm³/mol.